The van der Waals surface area contributed by atoms with E-state index in [-0.39, 0.29) is 48.4 Å². The third kappa shape index (κ3) is 10.2. The molecule has 2 bridgehead atoms. The van der Waals surface area contributed by atoms with E-state index in [0.717, 1.165) is 31.2 Å². The van der Waals surface area contributed by atoms with Gasteiger partial charge in [0.2, 0.25) is 23.6 Å². The van der Waals surface area contributed by atoms with E-state index in [1.807, 2.05) is 58.0 Å². The molecule has 1 aliphatic carbocycles. The fourth-order valence-corrected chi connectivity index (χ4v) is 8.79. The topological polar surface area (TPSA) is 167 Å². The minimum absolute atomic E-state index is 0.00255. The third-order valence-corrected chi connectivity index (χ3v) is 12.0. The number of carboxylic acid groups (broad SMARTS) is 1. The molecule has 13 nitrogen and oxygen atoms in total. The fraction of sp³-hybridized carbons (Fsp3) is 0.725. The van der Waals surface area contributed by atoms with Crippen molar-refractivity contribution in [3.05, 3.63) is 35.9 Å². The van der Waals surface area contributed by atoms with Crippen molar-refractivity contribution in [1.29, 1.82) is 0 Å². The predicted molar refractivity (Wildman–Crippen MR) is 201 cm³/mol. The smallest absolute Gasteiger partial charge is 0.326 e. The van der Waals surface area contributed by atoms with Crippen LogP contribution in [0.15, 0.2) is 30.3 Å². The quantitative estimate of drug-likeness (QED) is 0.167. The summed E-state index contributed by atoms with van der Waals surface area (Å²) in [6.07, 6.45) is 3.98. The highest BCUT2D eigenvalue weighted by molar-refractivity contribution is 5.90. The van der Waals surface area contributed by atoms with Crippen LogP contribution in [0.1, 0.15) is 85.1 Å². The maximum Gasteiger partial charge on any atom is 0.326 e. The molecule has 1 aromatic carbocycles. The first-order valence-corrected chi connectivity index (χ1v) is 19.5. The van der Waals surface area contributed by atoms with E-state index < -0.39 is 54.2 Å². The van der Waals surface area contributed by atoms with Gasteiger partial charge in [-0.3, -0.25) is 19.2 Å². The molecule has 4 amide bonds. The number of piperidine rings is 1. The summed E-state index contributed by atoms with van der Waals surface area (Å²) in [5.41, 5.74) is 0.789. The molecule has 1 saturated carbocycles. The lowest BCUT2D eigenvalue weighted by Gasteiger charge is -2.41. The number of methoxy groups -OCH3 is 2. The minimum Gasteiger partial charge on any atom is -0.480 e. The van der Waals surface area contributed by atoms with Crippen LogP contribution < -0.4 is 16.0 Å². The lowest BCUT2D eigenvalue weighted by molar-refractivity contribution is -0.148. The Morgan fingerprint density at radius 1 is 1.00 bits per heavy atom. The zero-order valence-corrected chi connectivity index (χ0v) is 32.9. The molecule has 2 aliphatic heterocycles. The van der Waals surface area contributed by atoms with Gasteiger partial charge in [0.1, 0.15) is 12.1 Å². The molecule has 0 aromatic heterocycles. The first-order chi connectivity index (χ1) is 25.2. The normalized spacial score (nSPS) is 24.9. The van der Waals surface area contributed by atoms with Crippen molar-refractivity contribution in [2.24, 2.45) is 23.7 Å². The number of carbonyl (C=O) groups is 5. The van der Waals surface area contributed by atoms with E-state index in [1.165, 1.54) is 7.11 Å². The number of nitrogens with one attached hydrogen (secondary N) is 3. The Hall–Kier alpha value is -3.55. The van der Waals surface area contributed by atoms with Gasteiger partial charge in [0.25, 0.3) is 0 Å². The Morgan fingerprint density at radius 2 is 1.70 bits per heavy atom. The summed E-state index contributed by atoms with van der Waals surface area (Å²) in [7, 11) is 4.78. The van der Waals surface area contributed by atoms with Gasteiger partial charge in [0.05, 0.1) is 42.7 Å². The summed E-state index contributed by atoms with van der Waals surface area (Å²) in [6.45, 7) is 10.1. The summed E-state index contributed by atoms with van der Waals surface area (Å²) >= 11 is 0. The number of aliphatic carboxylic acids is 1. The highest BCUT2D eigenvalue weighted by Crippen LogP contribution is 2.35. The van der Waals surface area contributed by atoms with Gasteiger partial charge in [-0.05, 0) is 55.4 Å². The van der Waals surface area contributed by atoms with Crippen molar-refractivity contribution >= 4 is 29.6 Å². The van der Waals surface area contributed by atoms with Crippen molar-refractivity contribution in [2.75, 3.05) is 27.8 Å². The van der Waals surface area contributed by atoms with Crippen LogP contribution in [0.2, 0.25) is 0 Å². The minimum atomic E-state index is -1.13. The second-order valence-electron chi connectivity index (χ2n) is 15.8. The molecule has 3 aliphatic rings. The highest BCUT2D eigenvalue weighted by Gasteiger charge is 2.46. The van der Waals surface area contributed by atoms with Crippen LogP contribution in [0.3, 0.4) is 0 Å². The van der Waals surface area contributed by atoms with Gasteiger partial charge in [-0.2, -0.15) is 0 Å². The molecule has 3 fully saturated rings. The average Bonchev–Trinajstić information content (AvgIpc) is 3.92. The molecule has 13 heteroatoms. The van der Waals surface area contributed by atoms with E-state index in [4.69, 9.17) is 9.47 Å². The van der Waals surface area contributed by atoms with E-state index >= 15 is 0 Å². The number of amides is 4. The summed E-state index contributed by atoms with van der Waals surface area (Å²) in [4.78, 5) is 70.7. The van der Waals surface area contributed by atoms with Crippen molar-refractivity contribution < 1.29 is 38.6 Å². The number of ether oxygens (including phenoxy) is 2. The zero-order chi connectivity index (χ0) is 39.0. The molecule has 296 valence electrons. The third-order valence-electron chi connectivity index (χ3n) is 12.0. The largest absolute Gasteiger partial charge is 0.480 e. The zero-order valence-electron chi connectivity index (χ0n) is 32.9. The summed E-state index contributed by atoms with van der Waals surface area (Å²) < 4.78 is 11.9. The first kappa shape index (κ1) is 42.2. The Balaban J connectivity index is 1.45. The molecular weight excluding hydrogens is 678 g/mol. The van der Waals surface area contributed by atoms with Crippen molar-refractivity contribution in [3.63, 3.8) is 0 Å². The molecule has 2 saturated heterocycles. The van der Waals surface area contributed by atoms with E-state index in [9.17, 15) is 29.1 Å². The molecule has 4 rings (SSSR count). The fourth-order valence-electron chi connectivity index (χ4n) is 8.79. The summed E-state index contributed by atoms with van der Waals surface area (Å²) in [6, 6.07) is 6.47. The molecule has 0 spiro atoms. The first-order valence-electron chi connectivity index (χ1n) is 19.5. The molecule has 2 heterocycles. The number of fused-ring (bicyclic) bond motifs is 2. The Morgan fingerprint density at radius 3 is 2.25 bits per heavy atom. The number of benzene rings is 1. The van der Waals surface area contributed by atoms with E-state index in [1.54, 1.807) is 30.9 Å². The van der Waals surface area contributed by atoms with Crippen LogP contribution in [0.5, 0.6) is 0 Å². The van der Waals surface area contributed by atoms with Crippen LogP contribution in [-0.4, -0.2) is 121 Å². The Bertz CT molecular complexity index is 1410. The molecule has 11 unspecified atom stereocenters. The summed E-state index contributed by atoms with van der Waals surface area (Å²) in [5, 5.41) is 19.1. The van der Waals surface area contributed by atoms with Gasteiger partial charge < -0.3 is 40.3 Å². The van der Waals surface area contributed by atoms with Crippen LogP contribution in [0, 0.1) is 23.7 Å². The highest BCUT2D eigenvalue weighted by atomic mass is 16.5. The second-order valence-corrected chi connectivity index (χ2v) is 15.8. The van der Waals surface area contributed by atoms with Crippen LogP contribution in [-0.2, 0) is 39.9 Å². The van der Waals surface area contributed by atoms with Gasteiger partial charge in [-0.25, -0.2) is 4.79 Å². The lowest BCUT2D eigenvalue weighted by Crippen LogP contribution is -2.60. The molecule has 53 heavy (non-hydrogen) atoms. The predicted octanol–water partition coefficient (Wildman–Crippen LogP) is 3.00. The summed E-state index contributed by atoms with van der Waals surface area (Å²) in [5.74, 6) is -2.77. The second kappa shape index (κ2) is 19.2. The Kier molecular flexibility index (Phi) is 15.3. The molecule has 11 atom stereocenters. The monoisotopic (exact) mass is 741 g/mol. The van der Waals surface area contributed by atoms with E-state index in [2.05, 4.69) is 16.0 Å². The van der Waals surface area contributed by atoms with Crippen LogP contribution in [0.4, 0.5) is 0 Å². The number of hydrogen-bond acceptors (Lipinski definition) is 8. The standard InChI is InChI=1S/C40H63N5O8/c1-9-24(4)35(44(6)39(49)33(23(2)3)43-38(48)34-27-17-18-28(21-27)41-34)31(52-7)22-32(46)45-19-13-16-30(45)36(53-8)25(5)37(47)42-29(40(50)51)20-26-14-11-10-12-15-26/h10-12,14-15,23-25,27-31,33-36,41H,9,13,16-22H2,1-8H3,(H,42,47)(H,43,48)(H,50,51). The van der Waals surface area contributed by atoms with Gasteiger partial charge in [0, 0.05) is 40.3 Å². The van der Waals surface area contributed by atoms with Crippen molar-refractivity contribution in [3.8, 4) is 0 Å². The molecular formula is C40H63N5O8. The van der Waals surface area contributed by atoms with Gasteiger partial charge in [-0.1, -0.05) is 71.4 Å². The maximum absolute atomic E-state index is 14.2. The number of likely N-dealkylation sites (tertiary alicyclic amines) is 1. The SMILES string of the molecule is CCC(C)C(C(CC(=O)N1CCCC1C(OC)C(C)C(=O)NC(Cc1ccccc1)C(=O)O)OC)N(C)C(=O)C(NC(=O)C1NC2CCC1C2)C(C)C. The Labute approximate surface area is 315 Å². The van der Waals surface area contributed by atoms with Gasteiger partial charge in [0.15, 0.2) is 0 Å². The number of hydrogen-bond donors (Lipinski definition) is 4. The number of likely N-dealkylation sites (N-methyl/N-ethyl adjacent to an activating group) is 1. The van der Waals surface area contributed by atoms with Crippen LogP contribution >= 0.6 is 0 Å². The number of carboxylic acids is 1. The molecule has 1 aromatic rings. The van der Waals surface area contributed by atoms with Crippen molar-refractivity contribution in [1.82, 2.24) is 25.8 Å². The van der Waals surface area contributed by atoms with Gasteiger partial charge >= 0.3 is 5.97 Å². The lowest BCUT2D eigenvalue weighted by atomic mass is 9.89. The number of rotatable bonds is 19. The van der Waals surface area contributed by atoms with Crippen molar-refractivity contribution in [2.45, 2.75) is 134 Å². The average molecular weight is 742 g/mol. The van der Waals surface area contributed by atoms with Gasteiger partial charge in [-0.15, -0.1) is 0 Å². The molecule has 4 N–H and O–H groups in total. The van der Waals surface area contributed by atoms with Crippen LogP contribution in [0.25, 0.3) is 0 Å². The number of carbonyl (C=O) groups excluding carboxylic acids is 4. The molecule has 0 radical (unpaired) electrons. The van der Waals surface area contributed by atoms with E-state index in [0.29, 0.717) is 31.3 Å². The maximum atomic E-state index is 14.2. The number of nitrogens with zero attached hydrogens (tertiary/aromatic N) is 2.